The van der Waals surface area contributed by atoms with Crippen molar-refractivity contribution < 1.29 is 19.7 Å². The SMILES string of the molecule is N#Cc1ccc(C(=O)N2CC[NH2+][C@H](C(=O)N[C@H]3CCCNC3=O)C2)cc1. The summed E-state index contributed by atoms with van der Waals surface area (Å²) in [5.41, 5.74) is 0.994. The van der Waals surface area contributed by atoms with Gasteiger partial charge in [0.25, 0.3) is 11.8 Å². The van der Waals surface area contributed by atoms with Gasteiger partial charge in [0, 0.05) is 12.1 Å². The van der Waals surface area contributed by atoms with Crippen LogP contribution in [0.4, 0.5) is 0 Å². The molecule has 2 fully saturated rings. The van der Waals surface area contributed by atoms with Crippen LogP contribution in [0.1, 0.15) is 28.8 Å². The van der Waals surface area contributed by atoms with E-state index in [4.69, 9.17) is 5.26 Å². The predicted molar refractivity (Wildman–Crippen MR) is 91.8 cm³/mol. The number of nitriles is 1. The second-order valence-corrected chi connectivity index (χ2v) is 6.57. The van der Waals surface area contributed by atoms with E-state index in [0.717, 1.165) is 6.42 Å². The van der Waals surface area contributed by atoms with E-state index in [1.54, 1.807) is 29.2 Å². The van der Waals surface area contributed by atoms with Gasteiger partial charge in [-0.3, -0.25) is 14.4 Å². The second-order valence-electron chi connectivity index (χ2n) is 6.57. The number of carbonyl (C=O) groups excluding carboxylic acids is 3. The van der Waals surface area contributed by atoms with Gasteiger partial charge in [-0.1, -0.05) is 0 Å². The fourth-order valence-corrected chi connectivity index (χ4v) is 3.27. The quantitative estimate of drug-likeness (QED) is 0.601. The maximum absolute atomic E-state index is 12.6. The lowest BCUT2D eigenvalue weighted by atomic mass is 10.1. The number of piperidine rings is 1. The van der Waals surface area contributed by atoms with Gasteiger partial charge in [-0.15, -0.1) is 0 Å². The number of nitrogens with zero attached hydrogens (tertiary/aromatic N) is 2. The van der Waals surface area contributed by atoms with Crippen LogP contribution in [0.2, 0.25) is 0 Å². The van der Waals surface area contributed by atoms with Crippen molar-refractivity contribution in [2.75, 3.05) is 26.2 Å². The van der Waals surface area contributed by atoms with Crippen LogP contribution in [-0.4, -0.2) is 60.9 Å². The molecule has 4 N–H and O–H groups in total. The van der Waals surface area contributed by atoms with Gasteiger partial charge < -0.3 is 20.9 Å². The molecule has 0 aliphatic carbocycles. The normalized spacial score (nSPS) is 22.9. The summed E-state index contributed by atoms with van der Waals surface area (Å²) < 4.78 is 0. The minimum absolute atomic E-state index is 0.147. The zero-order chi connectivity index (χ0) is 18.5. The first kappa shape index (κ1) is 17.9. The summed E-state index contributed by atoms with van der Waals surface area (Å²) in [7, 11) is 0. The number of piperazine rings is 1. The molecule has 26 heavy (non-hydrogen) atoms. The van der Waals surface area contributed by atoms with E-state index in [0.29, 0.717) is 43.7 Å². The molecule has 136 valence electrons. The minimum atomic E-state index is -0.491. The van der Waals surface area contributed by atoms with Crippen LogP contribution in [0, 0.1) is 11.3 Å². The summed E-state index contributed by atoms with van der Waals surface area (Å²) in [5.74, 6) is -0.522. The second kappa shape index (κ2) is 7.97. The van der Waals surface area contributed by atoms with Crippen molar-refractivity contribution in [1.82, 2.24) is 15.5 Å². The van der Waals surface area contributed by atoms with Crippen molar-refractivity contribution >= 4 is 17.7 Å². The highest BCUT2D eigenvalue weighted by atomic mass is 16.2. The van der Waals surface area contributed by atoms with Crippen molar-refractivity contribution in [3.8, 4) is 6.07 Å². The lowest BCUT2D eigenvalue weighted by Crippen LogP contribution is -2.98. The van der Waals surface area contributed by atoms with E-state index in [2.05, 4.69) is 10.6 Å². The van der Waals surface area contributed by atoms with Gasteiger partial charge in [0.1, 0.15) is 6.04 Å². The summed E-state index contributed by atoms with van der Waals surface area (Å²) in [5, 5.41) is 16.3. The van der Waals surface area contributed by atoms with Gasteiger partial charge in [0.05, 0.1) is 31.3 Å². The fraction of sp³-hybridized carbons (Fsp3) is 0.444. The highest BCUT2D eigenvalue weighted by Gasteiger charge is 2.34. The Labute approximate surface area is 151 Å². The van der Waals surface area contributed by atoms with Crippen molar-refractivity contribution in [1.29, 1.82) is 5.26 Å². The Bertz CT molecular complexity index is 740. The monoisotopic (exact) mass is 356 g/mol. The van der Waals surface area contributed by atoms with Crippen molar-refractivity contribution in [3.05, 3.63) is 35.4 Å². The number of benzene rings is 1. The molecular formula is C18H22N5O3+. The highest BCUT2D eigenvalue weighted by Crippen LogP contribution is 2.09. The first-order valence-corrected chi connectivity index (χ1v) is 8.79. The molecule has 3 rings (SSSR count). The molecule has 0 radical (unpaired) electrons. The zero-order valence-electron chi connectivity index (χ0n) is 14.4. The Morgan fingerprint density at radius 1 is 1.31 bits per heavy atom. The van der Waals surface area contributed by atoms with Crippen molar-refractivity contribution in [3.63, 3.8) is 0 Å². The Morgan fingerprint density at radius 3 is 2.77 bits per heavy atom. The highest BCUT2D eigenvalue weighted by molar-refractivity contribution is 5.95. The van der Waals surface area contributed by atoms with Gasteiger partial charge in [-0.2, -0.15) is 5.26 Å². The molecule has 3 amide bonds. The molecule has 1 aromatic rings. The van der Waals surface area contributed by atoms with E-state index in [-0.39, 0.29) is 17.7 Å². The molecule has 0 spiro atoms. The third-order valence-corrected chi connectivity index (χ3v) is 4.75. The molecule has 8 heteroatoms. The van der Waals surface area contributed by atoms with E-state index < -0.39 is 12.1 Å². The van der Waals surface area contributed by atoms with Gasteiger partial charge >= 0.3 is 0 Å². The molecule has 1 aromatic carbocycles. The van der Waals surface area contributed by atoms with Crippen molar-refractivity contribution in [2.24, 2.45) is 0 Å². The number of quaternary nitrogens is 1. The Morgan fingerprint density at radius 2 is 2.08 bits per heavy atom. The molecule has 2 heterocycles. The predicted octanol–water partition coefficient (Wildman–Crippen LogP) is -1.66. The third-order valence-electron chi connectivity index (χ3n) is 4.75. The Kier molecular flexibility index (Phi) is 5.49. The number of hydrogen-bond donors (Lipinski definition) is 3. The maximum Gasteiger partial charge on any atom is 0.280 e. The topological polar surface area (TPSA) is 119 Å². The fourth-order valence-electron chi connectivity index (χ4n) is 3.27. The Hall–Kier alpha value is -2.92. The van der Waals surface area contributed by atoms with E-state index in [9.17, 15) is 14.4 Å². The van der Waals surface area contributed by atoms with Crippen LogP contribution >= 0.6 is 0 Å². The summed E-state index contributed by atoms with van der Waals surface area (Å²) in [6, 6.07) is 7.56. The number of carbonyl (C=O) groups is 3. The third kappa shape index (κ3) is 4.00. The first-order chi connectivity index (χ1) is 12.6. The van der Waals surface area contributed by atoms with E-state index in [1.807, 2.05) is 11.4 Å². The van der Waals surface area contributed by atoms with Gasteiger partial charge in [0.2, 0.25) is 5.91 Å². The molecule has 2 aliphatic heterocycles. The van der Waals surface area contributed by atoms with Crippen LogP contribution in [-0.2, 0) is 9.59 Å². The summed E-state index contributed by atoms with van der Waals surface area (Å²) in [6.07, 6.45) is 1.48. The number of nitrogens with two attached hydrogens (primary N) is 1. The molecule has 0 saturated carbocycles. The van der Waals surface area contributed by atoms with Crippen LogP contribution in [0.3, 0.4) is 0 Å². The lowest BCUT2D eigenvalue weighted by Gasteiger charge is -2.31. The average Bonchev–Trinajstić information content (AvgIpc) is 2.69. The van der Waals surface area contributed by atoms with Crippen LogP contribution in [0.15, 0.2) is 24.3 Å². The Balaban J connectivity index is 1.61. The van der Waals surface area contributed by atoms with Crippen LogP contribution < -0.4 is 16.0 Å². The van der Waals surface area contributed by atoms with E-state index >= 15 is 0 Å². The standard InChI is InChI=1S/C18H21N5O3/c19-10-12-3-5-13(6-4-12)18(26)23-9-8-20-15(11-23)17(25)22-14-2-1-7-21-16(14)24/h3-6,14-15,20H,1-2,7-9,11H2,(H,21,24)(H,22,25)/p+1/t14-,15-/m0/s1. The summed E-state index contributed by atoms with van der Waals surface area (Å²) >= 11 is 0. The molecule has 0 unspecified atom stereocenters. The largest absolute Gasteiger partial charge is 0.354 e. The molecule has 0 bridgehead atoms. The molecule has 8 nitrogen and oxygen atoms in total. The van der Waals surface area contributed by atoms with Crippen LogP contribution in [0.5, 0.6) is 0 Å². The minimum Gasteiger partial charge on any atom is -0.354 e. The molecular weight excluding hydrogens is 334 g/mol. The van der Waals surface area contributed by atoms with E-state index in [1.165, 1.54) is 0 Å². The first-order valence-electron chi connectivity index (χ1n) is 8.79. The average molecular weight is 356 g/mol. The number of rotatable bonds is 3. The molecule has 2 atom stereocenters. The smallest absolute Gasteiger partial charge is 0.280 e. The molecule has 0 aromatic heterocycles. The van der Waals surface area contributed by atoms with Gasteiger partial charge in [0.15, 0.2) is 6.04 Å². The van der Waals surface area contributed by atoms with Crippen LogP contribution in [0.25, 0.3) is 0 Å². The summed E-state index contributed by atoms with van der Waals surface area (Å²) in [4.78, 5) is 38.6. The van der Waals surface area contributed by atoms with Gasteiger partial charge in [-0.25, -0.2) is 0 Å². The molecule has 2 aliphatic rings. The number of nitrogens with one attached hydrogen (secondary N) is 2. The maximum atomic E-state index is 12.6. The number of hydrogen-bond acceptors (Lipinski definition) is 4. The zero-order valence-corrected chi connectivity index (χ0v) is 14.4. The lowest BCUT2D eigenvalue weighted by molar-refractivity contribution is -0.684. The number of amides is 3. The van der Waals surface area contributed by atoms with Gasteiger partial charge in [-0.05, 0) is 37.1 Å². The molecule has 2 saturated heterocycles. The van der Waals surface area contributed by atoms with Crippen molar-refractivity contribution in [2.45, 2.75) is 24.9 Å². The summed E-state index contributed by atoms with van der Waals surface area (Å²) in [6.45, 7) is 2.11.